The Morgan fingerprint density at radius 1 is 1.33 bits per heavy atom. The van der Waals surface area contributed by atoms with Crippen LogP contribution < -0.4 is 15.4 Å². The maximum atomic E-state index is 13.9. The van der Waals surface area contributed by atoms with Crippen LogP contribution in [0.15, 0.2) is 29.5 Å². The third-order valence-electron chi connectivity index (χ3n) is 3.28. The molecule has 0 spiro atoms. The van der Waals surface area contributed by atoms with E-state index in [0.29, 0.717) is 25.7 Å². The number of halogens is 1. The number of nitrogens with one attached hydrogen (secondary N) is 2. The van der Waals surface area contributed by atoms with E-state index < -0.39 is 0 Å². The number of hydrogen-bond donors (Lipinski definition) is 2. The first-order chi connectivity index (χ1) is 11.6. The summed E-state index contributed by atoms with van der Waals surface area (Å²) in [5.41, 5.74) is 0.770. The number of hydrogen-bond acceptors (Lipinski definition) is 4. The highest BCUT2D eigenvalue weighted by Gasteiger charge is 2.05. The molecule has 0 saturated carbocycles. The standard InChI is InChI=1S/C16H23FN6O/c1-4-18-16(20-10-15-21-11-22-23(15)3)19-9-12-6-7-14(24-5-2)13(17)8-12/h6-8,11H,4-5,9-10H2,1-3H3,(H2,18,19,20). The second-order valence-electron chi connectivity index (χ2n) is 5.05. The molecule has 2 N–H and O–H groups in total. The van der Waals surface area contributed by atoms with Crippen LogP contribution in [-0.4, -0.2) is 33.9 Å². The molecular weight excluding hydrogens is 311 g/mol. The van der Waals surface area contributed by atoms with E-state index >= 15 is 0 Å². The molecule has 0 aliphatic rings. The minimum atomic E-state index is -0.374. The maximum absolute atomic E-state index is 13.9. The Hall–Kier alpha value is -2.64. The van der Waals surface area contributed by atoms with Crippen molar-refractivity contribution in [1.29, 1.82) is 0 Å². The number of nitrogens with zero attached hydrogens (tertiary/aromatic N) is 4. The number of benzene rings is 1. The third kappa shape index (κ3) is 4.94. The normalized spacial score (nSPS) is 11.4. The molecule has 0 atom stereocenters. The van der Waals surface area contributed by atoms with Gasteiger partial charge in [0, 0.05) is 13.6 Å². The number of aliphatic imine (C=N–C) groups is 1. The summed E-state index contributed by atoms with van der Waals surface area (Å²) in [7, 11) is 1.83. The molecule has 0 bridgehead atoms. The Kier molecular flexibility index (Phi) is 6.53. The highest BCUT2D eigenvalue weighted by Crippen LogP contribution is 2.18. The lowest BCUT2D eigenvalue weighted by Gasteiger charge is -2.11. The van der Waals surface area contributed by atoms with Gasteiger partial charge in [-0.3, -0.25) is 4.68 Å². The molecule has 24 heavy (non-hydrogen) atoms. The predicted octanol–water partition coefficient (Wildman–Crippen LogP) is 1.61. The lowest BCUT2D eigenvalue weighted by molar-refractivity contribution is 0.321. The smallest absolute Gasteiger partial charge is 0.191 e. The van der Waals surface area contributed by atoms with Crippen molar-refractivity contribution in [3.63, 3.8) is 0 Å². The van der Waals surface area contributed by atoms with E-state index in [1.807, 2.05) is 27.0 Å². The quantitative estimate of drug-likeness (QED) is 0.594. The molecule has 0 amide bonds. The highest BCUT2D eigenvalue weighted by molar-refractivity contribution is 5.79. The molecule has 0 radical (unpaired) electrons. The molecule has 1 aromatic carbocycles. The first-order valence-corrected chi connectivity index (χ1v) is 7.90. The van der Waals surface area contributed by atoms with Gasteiger partial charge in [0.2, 0.25) is 0 Å². The maximum Gasteiger partial charge on any atom is 0.191 e. The van der Waals surface area contributed by atoms with Crippen LogP contribution in [0.5, 0.6) is 5.75 Å². The largest absolute Gasteiger partial charge is 0.491 e. The zero-order valence-corrected chi connectivity index (χ0v) is 14.2. The van der Waals surface area contributed by atoms with Crippen molar-refractivity contribution < 1.29 is 9.13 Å². The summed E-state index contributed by atoms with van der Waals surface area (Å²) in [5.74, 6) is 1.32. The van der Waals surface area contributed by atoms with E-state index in [9.17, 15) is 4.39 Å². The molecule has 1 heterocycles. The lowest BCUT2D eigenvalue weighted by Crippen LogP contribution is -2.37. The minimum absolute atomic E-state index is 0.262. The zero-order chi connectivity index (χ0) is 17.4. The second kappa shape index (κ2) is 8.85. The van der Waals surface area contributed by atoms with Crippen LogP contribution in [0.25, 0.3) is 0 Å². The van der Waals surface area contributed by atoms with Crippen LogP contribution in [0.1, 0.15) is 25.2 Å². The molecule has 2 rings (SSSR count). The van der Waals surface area contributed by atoms with E-state index in [-0.39, 0.29) is 11.6 Å². The summed E-state index contributed by atoms with van der Waals surface area (Å²) < 4.78 is 20.8. The van der Waals surface area contributed by atoms with Gasteiger partial charge in [0.25, 0.3) is 0 Å². The Morgan fingerprint density at radius 3 is 2.79 bits per heavy atom. The van der Waals surface area contributed by atoms with Crippen LogP contribution in [0, 0.1) is 5.82 Å². The summed E-state index contributed by atoms with van der Waals surface area (Å²) in [6, 6.07) is 4.88. The Bertz CT molecular complexity index is 685. The fourth-order valence-electron chi connectivity index (χ4n) is 2.07. The van der Waals surface area contributed by atoms with Gasteiger partial charge in [-0.15, -0.1) is 0 Å². The molecule has 0 fully saturated rings. The van der Waals surface area contributed by atoms with Crippen molar-refractivity contribution in [3.05, 3.63) is 41.7 Å². The zero-order valence-electron chi connectivity index (χ0n) is 14.2. The number of aryl methyl sites for hydroxylation is 1. The van der Waals surface area contributed by atoms with Crippen LogP contribution in [0.2, 0.25) is 0 Å². The van der Waals surface area contributed by atoms with Crippen molar-refractivity contribution in [1.82, 2.24) is 25.4 Å². The molecule has 0 saturated heterocycles. The average Bonchev–Trinajstić information content (AvgIpc) is 2.98. The van der Waals surface area contributed by atoms with E-state index in [1.54, 1.807) is 10.7 Å². The van der Waals surface area contributed by atoms with Gasteiger partial charge in [-0.25, -0.2) is 14.4 Å². The summed E-state index contributed by atoms with van der Waals surface area (Å²) in [6.07, 6.45) is 1.50. The minimum Gasteiger partial charge on any atom is -0.491 e. The van der Waals surface area contributed by atoms with E-state index in [0.717, 1.165) is 17.9 Å². The number of rotatable bonds is 7. The van der Waals surface area contributed by atoms with Gasteiger partial charge in [-0.1, -0.05) is 6.07 Å². The van der Waals surface area contributed by atoms with Gasteiger partial charge in [-0.05, 0) is 31.5 Å². The highest BCUT2D eigenvalue weighted by atomic mass is 19.1. The second-order valence-corrected chi connectivity index (χ2v) is 5.05. The molecule has 0 aliphatic heterocycles. The monoisotopic (exact) mass is 334 g/mol. The Labute approximate surface area is 141 Å². The average molecular weight is 334 g/mol. The van der Waals surface area contributed by atoms with Crippen LogP contribution in [0.3, 0.4) is 0 Å². The van der Waals surface area contributed by atoms with Crippen molar-refractivity contribution in [2.75, 3.05) is 13.2 Å². The predicted molar refractivity (Wildman–Crippen MR) is 90.2 cm³/mol. The number of aromatic nitrogens is 3. The van der Waals surface area contributed by atoms with Crippen LogP contribution in [0.4, 0.5) is 4.39 Å². The summed E-state index contributed by atoms with van der Waals surface area (Å²) in [4.78, 5) is 8.61. The molecule has 0 unspecified atom stereocenters. The summed E-state index contributed by atoms with van der Waals surface area (Å²) in [6.45, 7) is 5.82. The first-order valence-electron chi connectivity index (χ1n) is 7.90. The van der Waals surface area contributed by atoms with Gasteiger partial charge in [0.1, 0.15) is 12.2 Å². The lowest BCUT2D eigenvalue weighted by atomic mass is 10.2. The van der Waals surface area contributed by atoms with Gasteiger partial charge >= 0.3 is 0 Å². The van der Waals surface area contributed by atoms with Gasteiger partial charge in [0.05, 0.1) is 19.7 Å². The molecule has 8 heteroatoms. The van der Waals surface area contributed by atoms with Crippen molar-refractivity contribution >= 4 is 5.96 Å². The van der Waals surface area contributed by atoms with Crippen molar-refractivity contribution in [2.24, 2.45) is 12.0 Å². The Balaban J connectivity index is 1.99. The molecule has 1 aromatic heterocycles. The third-order valence-corrected chi connectivity index (χ3v) is 3.28. The topological polar surface area (TPSA) is 76.4 Å². The SMILES string of the molecule is CCNC(=NCc1ccc(OCC)c(F)c1)NCc1ncnn1C. The van der Waals surface area contributed by atoms with E-state index in [1.165, 1.54) is 12.4 Å². The molecule has 7 nitrogen and oxygen atoms in total. The van der Waals surface area contributed by atoms with Crippen LogP contribution >= 0.6 is 0 Å². The molecule has 2 aromatic rings. The molecular formula is C16H23FN6O. The summed E-state index contributed by atoms with van der Waals surface area (Å²) in [5, 5.41) is 10.3. The molecule has 0 aliphatic carbocycles. The van der Waals surface area contributed by atoms with Gasteiger partial charge < -0.3 is 15.4 Å². The fourth-order valence-corrected chi connectivity index (χ4v) is 2.07. The van der Waals surface area contributed by atoms with Crippen molar-refractivity contribution in [3.8, 4) is 5.75 Å². The van der Waals surface area contributed by atoms with E-state index in [4.69, 9.17) is 4.74 Å². The van der Waals surface area contributed by atoms with Gasteiger partial charge in [-0.2, -0.15) is 5.10 Å². The van der Waals surface area contributed by atoms with Gasteiger partial charge in [0.15, 0.2) is 17.5 Å². The van der Waals surface area contributed by atoms with Crippen molar-refractivity contribution in [2.45, 2.75) is 26.9 Å². The number of ether oxygens (including phenoxy) is 1. The Morgan fingerprint density at radius 2 is 2.17 bits per heavy atom. The summed E-state index contributed by atoms with van der Waals surface area (Å²) >= 11 is 0. The fraction of sp³-hybridized carbons (Fsp3) is 0.438. The first kappa shape index (κ1) is 17.7. The van der Waals surface area contributed by atoms with Crippen LogP contribution in [-0.2, 0) is 20.1 Å². The van der Waals surface area contributed by atoms with E-state index in [2.05, 4.69) is 25.7 Å². The number of guanidine groups is 1. The molecule has 130 valence electrons.